The fourth-order valence-electron chi connectivity index (χ4n) is 3.03. The maximum atomic E-state index is 13.3. The second-order valence-corrected chi connectivity index (χ2v) is 5.92. The molecule has 1 heterocycles. The normalized spacial score (nSPS) is 22.4. The van der Waals surface area contributed by atoms with Crippen LogP contribution < -0.4 is 5.32 Å². The first-order valence-electron chi connectivity index (χ1n) is 7.53. The average molecular weight is 298 g/mol. The number of nitrogens with zero attached hydrogens (tertiary/aromatic N) is 1. The van der Waals surface area contributed by atoms with Gasteiger partial charge in [-0.25, -0.2) is 8.78 Å². The third kappa shape index (κ3) is 4.46. The van der Waals surface area contributed by atoms with Crippen molar-refractivity contribution in [1.82, 2.24) is 10.2 Å². The Labute approximate surface area is 125 Å². The monoisotopic (exact) mass is 298 g/mol. The summed E-state index contributed by atoms with van der Waals surface area (Å²) >= 11 is 0. The SMILES string of the molecule is CNC(CCN1CCC(C(C)O)C1)c1cc(F)cc(F)c1. The van der Waals surface area contributed by atoms with E-state index in [9.17, 15) is 13.9 Å². The number of rotatable bonds is 6. The van der Waals surface area contributed by atoms with Crippen LogP contribution in [0.25, 0.3) is 0 Å². The van der Waals surface area contributed by atoms with Crippen molar-refractivity contribution in [2.45, 2.75) is 31.9 Å². The Hall–Kier alpha value is -1.04. The lowest BCUT2D eigenvalue weighted by Gasteiger charge is -2.22. The van der Waals surface area contributed by atoms with Gasteiger partial charge in [0.15, 0.2) is 0 Å². The Morgan fingerprint density at radius 1 is 1.33 bits per heavy atom. The van der Waals surface area contributed by atoms with Crippen molar-refractivity contribution < 1.29 is 13.9 Å². The highest BCUT2D eigenvalue weighted by Crippen LogP contribution is 2.23. The van der Waals surface area contributed by atoms with Crippen LogP contribution >= 0.6 is 0 Å². The first-order chi connectivity index (χ1) is 9.99. The highest BCUT2D eigenvalue weighted by atomic mass is 19.1. The van der Waals surface area contributed by atoms with Crippen molar-refractivity contribution in [3.63, 3.8) is 0 Å². The lowest BCUT2D eigenvalue weighted by molar-refractivity contribution is 0.127. The van der Waals surface area contributed by atoms with Crippen LogP contribution in [0.15, 0.2) is 18.2 Å². The zero-order valence-electron chi connectivity index (χ0n) is 12.6. The molecule has 118 valence electrons. The summed E-state index contributed by atoms with van der Waals surface area (Å²) in [5, 5.41) is 12.7. The van der Waals surface area contributed by atoms with E-state index in [1.54, 1.807) is 7.05 Å². The number of hydrogen-bond acceptors (Lipinski definition) is 3. The summed E-state index contributed by atoms with van der Waals surface area (Å²) in [5.74, 6) is -0.745. The van der Waals surface area contributed by atoms with Crippen molar-refractivity contribution in [3.05, 3.63) is 35.4 Å². The van der Waals surface area contributed by atoms with Crippen molar-refractivity contribution >= 4 is 0 Å². The predicted octanol–water partition coefficient (Wildman–Crippen LogP) is 2.32. The molecule has 1 aromatic rings. The average Bonchev–Trinajstić information content (AvgIpc) is 2.87. The highest BCUT2D eigenvalue weighted by Gasteiger charge is 2.26. The molecule has 5 heteroatoms. The Morgan fingerprint density at radius 3 is 2.52 bits per heavy atom. The molecule has 3 unspecified atom stereocenters. The van der Waals surface area contributed by atoms with Gasteiger partial charge in [0.25, 0.3) is 0 Å². The Kier molecular flexibility index (Phi) is 5.67. The summed E-state index contributed by atoms with van der Waals surface area (Å²) in [5.41, 5.74) is 0.640. The van der Waals surface area contributed by atoms with Gasteiger partial charge in [-0.1, -0.05) is 0 Å². The Bertz CT molecular complexity index is 447. The van der Waals surface area contributed by atoms with E-state index in [0.717, 1.165) is 38.5 Å². The number of hydrogen-bond donors (Lipinski definition) is 2. The molecule has 0 spiro atoms. The topological polar surface area (TPSA) is 35.5 Å². The smallest absolute Gasteiger partial charge is 0.126 e. The number of aliphatic hydroxyl groups is 1. The van der Waals surface area contributed by atoms with E-state index >= 15 is 0 Å². The molecule has 21 heavy (non-hydrogen) atoms. The molecule has 0 bridgehead atoms. The van der Waals surface area contributed by atoms with Crippen LogP contribution in [0, 0.1) is 17.6 Å². The Morgan fingerprint density at radius 2 is 2.00 bits per heavy atom. The van der Waals surface area contributed by atoms with Crippen molar-refractivity contribution in [3.8, 4) is 0 Å². The van der Waals surface area contributed by atoms with Gasteiger partial charge in [0, 0.05) is 18.7 Å². The van der Waals surface area contributed by atoms with Gasteiger partial charge in [0.1, 0.15) is 11.6 Å². The van der Waals surface area contributed by atoms with E-state index in [0.29, 0.717) is 11.5 Å². The molecule has 3 nitrogen and oxygen atoms in total. The number of benzene rings is 1. The molecule has 1 aliphatic rings. The third-order valence-corrected chi connectivity index (χ3v) is 4.36. The molecule has 1 fully saturated rings. The van der Waals surface area contributed by atoms with E-state index in [4.69, 9.17) is 0 Å². The lowest BCUT2D eigenvalue weighted by atomic mass is 10.0. The molecule has 1 saturated heterocycles. The molecule has 0 radical (unpaired) electrons. The summed E-state index contributed by atoms with van der Waals surface area (Å²) in [6.45, 7) is 4.56. The molecule has 1 aliphatic heterocycles. The fourth-order valence-corrected chi connectivity index (χ4v) is 3.03. The summed E-state index contributed by atoms with van der Waals surface area (Å²) in [4.78, 5) is 2.30. The van der Waals surface area contributed by atoms with Gasteiger partial charge in [0.2, 0.25) is 0 Å². The van der Waals surface area contributed by atoms with Crippen LogP contribution in [0.1, 0.15) is 31.4 Å². The molecule has 3 atom stereocenters. The minimum absolute atomic E-state index is 0.0687. The predicted molar refractivity (Wildman–Crippen MR) is 79.0 cm³/mol. The van der Waals surface area contributed by atoms with Crippen LogP contribution in [0.3, 0.4) is 0 Å². The zero-order chi connectivity index (χ0) is 15.4. The standard InChI is InChI=1S/C16H24F2N2O/c1-11(21)12-3-5-20(10-12)6-4-16(19-2)13-7-14(17)9-15(18)8-13/h7-9,11-12,16,19,21H,3-6,10H2,1-2H3. The zero-order valence-corrected chi connectivity index (χ0v) is 12.6. The quantitative estimate of drug-likeness (QED) is 0.846. The summed E-state index contributed by atoms with van der Waals surface area (Å²) in [7, 11) is 1.80. The van der Waals surface area contributed by atoms with E-state index in [2.05, 4.69) is 10.2 Å². The third-order valence-electron chi connectivity index (χ3n) is 4.36. The summed E-state index contributed by atoms with van der Waals surface area (Å²) in [6, 6.07) is 3.59. The second-order valence-electron chi connectivity index (χ2n) is 5.92. The van der Waals surface area contributed by atoms with Crippen LogP contribution in [0.5, 0.6) is 0 Å². The lowest BCUT2D eigenvalue weighted by Crippen LogP contribution is -2.28. The van der Waals surface area contributed by atoms with Gasteiger partial charge in [-0.15, -0.1) is 0 Å². The van der Waals surface area contributed by atoms with Gasteiger partial charge >= 0.3 is 0 Å². The molecule has 0 aliphatic carbocycles. The Balaban J connectivity index is 1.91. The van der Waals surface area contributed by atoms with Gasteiger partial charge in [-0.2, -0.15) is 0 Å². The second kappa shape index (κ2) is 7.29. The van der Waals surface area contributed by atoms with E-state index in [1.165, 1.54) is 12.1 Å². The van der Waals surface area contributed by atoms with Crippen LogP contribution in [-0.4, -0.2) is 42.8 Å². The number of likely N-dealkylation sites (tertiary alicyclic amines) is 1. The van der Waals surface area contributed by atoms with E-state index in [1.807, 2.05) is 6.92 Å². The number of nitrogens with one attached hydrogen (secondary N) is 1. The minimum atomic E-state index is -0.541. The number of halogens is 2. The van der Waals surface area contributed by atoms with Crippen LogP contribution in [-0.2, 0) is 0 Å². The van der Waals surface area contributed by atoms with Crippen molar-refractivity contribution in [2.24, 2.45) is 5.92 Å². The van der Waals surface area contributed by atoms with Crippen LogP contribution in [0.4, 0.5) is 8.78 Å². The van der Waals surface area contributed by atoms with Gasteiger partial charge < -0.3 is 15.3 Å². The van der Waals surface area contributed by atoms with E-state index in [-0.39, 0.29) is 12.1 Å². The molecule has 2 N–H and O–H groups in total. The minimum Gasteiger partial charge on any atom is -0.393 e. The maximum Gasteiger partial charge on any atom is 0.126 e. The molecule has 0 amide bonds. The van der Waals surface area contributed by atoms with Gasteiger partial charge in [0.05, 0.1) is 6.10 Å². The van der Waals surface area contributed by atoms with Gasteiger partial charge in [-0.3, -0.25) is 0 Å². The fraction of sp³-hybridized carbons (Fsp3) is 0.625. The van der Waals surface area contributed by atoms with Crippen LogP contribution in [0.2, 0.25) is 0 Å². The summed E-state index contributed by atoms with van der Waals surface area (Å²) < 4.78 is 26.6. The molecule has 2 rings (SSSR count). The first-order valence-corrected chi connectivity index (χ1v) is 7.53. The molecule has 0 aromatic heterocycles. The first kappa shape index (κ1) is 16.3. The molecular formula is C16H24F2N2O. The summed E-state index contributed by atoms with van der Waals surface area (Å²) in [6.07, 6.45) is 1.52. The molecular weight excluding hydrogens is 274 g/mol. The van der Waals surface area contributed by atoms with Crippen molar-refractivity contribution in [1.29, 1.82) is 0 Å². The molecule has 1 aromatic carbocycles. The number of aliphatic hydroxyl groups excluding tert-OH is 1. The van der Waals surface area contributed by atoms with Gasteiger partial charge in [-0.05, 0) is 63.5 Å². The van der Waals surface area contributed by atoms with Crippen molar-refractivity contribution in [2.75, 3.05) is 26.7 Å². The maximum absolute atomic E-state index is 13.3. The highest BCUT2D eigenvalue weighted by molar-refractivity contribution is 5.21. The van der Waals surface area contributed by atoms with E-state index < -0.39 is 11.6 Å². The largest absolute Gasteiger partial charge is 0.393 e. The molecule has 0 saturated carbocycles.